The minimum atomic E-state index is 1.16. The summed E-state index contributed by atoms with van der Waals surface area (Å²) < 4.78 is 9.73. The smallest absolute Gasteiger partial charge is 0.0542 e. The number of aromatic nitrogens is 3. The Morgan fingerprint density at radius 3 is 1.13 bits per heavy atom. The summed E-state index contributed by atoms with van der Waals surface area (Å²) in [5.41, 5.74) is 10.7. The lowest BCUT2D eigenvalue weighted by Gasteiger charge is -2.10. The summed E-state index contributed by atoms with van der Waals surface area (Å²) in [5.74, 6) is 0. The summed E-state index contributed by atoms with van der Waals surface area (Å²) in [5, 5.41) is 7.57. The van der Waals surface area contributed by atoms with Crippen molar-refractivity contribution in [1.29, 1.82) is 0 Å². The molecule has 0 amide bonds. The van der Waals surface area contributed by atoms with Gasteiger partial charge in [0.1, 0.15) is 0 Å². The second kappa shape index (κ2) is 10.5. The standard InChI is InChI=1S/C42H25I2N3/c43-26-14-18-39-33(22-26)31-10-4-6-12-37(31)46(39)29-16-20-41-35(24-29)36-25-30(17-21-42(36)45(41)28-8-2-1-3-9-28)47-38-13-7-5-11-32(38)34-23-27(44)15-19-40(34)47/h1-25H. The number of para-hydroxylation sites is 3. The van der Waals surface area contributed by atoms with Crippen molar-refractivity contribution in [3.8, 4) is 17.1 Å². The van der Waals surface area contributed by atoms with Gasteiger partial charge in [0.05, 0.1) is 33.1 Å². The van der Waals surface area contributed by atoms with Crippen LogP contribution in [0.5, 0.6) is 0 Å². The fourth-order valence-corrected chi connectivity index (χ4v) is 8.56. The van der Waals surface area contributed by atoms with Crippen molar-refractivity contribution in [2.45, 2.75) is 0 Å². The Balaban J connectivity index is 1.30. The van der Waals surface area contributed by atoms with Gasteiger partial charge in [-0.2, -0.15) is 0 Å². The van der Waals surface area contributed by atoms with Crippen LogP contribution in [0.25, 0.3) is 82.5 Å². The predicted octanol–water partition coefficient (Wildman–Crippen LogP) is 12.2. The van der Waals surface area contributed by atoms with E-state index in [9.17, 15) is 0 Å². The molecule has 0 spiro atoms. The van der Waals surface area contributed by atoms with E-state index in [2.05, 4.69) is 211 Å². The van der Waals surface area contributed by atoms with Crippen molar-refractivity contribution < 1.29 is 0 Å². The van der Waals surface area contributed by atoms with E-state index in [0.717, 1.165) is 17.1 Å². The third-order valence-corrected chi connectivity index (χ3v) is 10.9. The number of benzene rings is 7. The van der Waals surface area contributed by atoms with Gasteiger partial charge in [-0.3, -0.25) is 0 Å². The molecule has 0 unspecified atom stereocenters. The average Bonchev–Trinajstić information content (AvgIpc) is 3.73. The highest BCUT2D eigenvalue weighted by molar-refractivity contribution is 14.1. The molecular weight excluding hydrogens is 800 g/mol. The molecule has 0 saturated heterocycles. The van der Waals surface area contributed by atoms with E-state index < -0.39 is 0 Å². The molecule has 0 radical (unpaired) electrons. The summed E-state index contributed by atoms with van der Waals surface area (Å²) >= 11 is 4.84. The van der Waals surface area contributed by atoms with Gasteiger partial charge in [0.15, 0.2) is 0 Å². The second-order valence-electron chi connectivity index (χ2n) is 12.1. The van der Waals surface area contributed by atoms with Crippen LogP contribution in [0.3, 0.4) is 0 Å². The van der Waals surface area contributed by atoms with Crippen LogP contribution in [0.15, 0.2) is 152 Å². The van der Waals surface area contributed by atoms with Crippen LogP contribution in [0, 0.1) is 7.14 Å². The Hall–Kier alpha value is -4.60. The summed E-state index contributed by atoms with van der Waals surface area (Å²) in [6.07, 6.45) is 0. The summed E-state index contributed by atoms with van der Waals surface area (Å²) in [6, 6.07) is 55.7. The van der Waals surface area contributed by atoms with Gasteiger partial charge in [-0.1, -0.05) is 54.6 Å². The van der Waals surface area contributed by atoms with E-state index >= 15 is 0 Å². The van der Waals surface area contributed by atoms with Crippen molar-refractivity contribution in [1.82, 2.24) is 13.7 Å². The zero-order valence-corrected chi connectivity index (χ0v) is 29.3. The molecule has 3 aromatic heterocycles. The molecule has 0 aliphatic rings. The number of halogens is 2. The number of rotatable bonds is 3. The Bertz CT molecular complexity index is 2700. The molecule has 222 valence electrons. The van der Waals surface area contributed by atoms with Crippen LogP contribution in [-0.4, -0.2) is 13.7 Å². The minimum Gasteiger partial charge on any atom is -0.309 e. The molecule has 7 aromatic carbocycles. The van der Waals surface area contributed by atoms with E-state index in [1.165, 1.54) is 72.6 Å². The van der Waals surface area contributed by atoms with Crippen LogP contribution in [0.1, 0.15) is 0 Å². The van der Waals surface area contributed by atoms with Gasteiger partial charge in [0, 0.05) is 56.5 Å². The zero-order valence-electron chi connectivity index (χ0n) is 25.0. The lowest BCUT2D eigenvalue weighted by Crippen LogP contribution is -1.96. The van der Waals surface area contributed by atoms with Crippen molar-refractivity contribution in [2.75, 3.05) is 0 Å². The topological polar surface area (TPSA) is 14.8 Å². The first-order valence-corrected chi connectivity index (χ1v) is 17.8. The Labute approximate surface area is 297 Å². The van der Waals surface area contributed by atoms with E-state index in [4.69, 9.17) is 0 Å². The number of fused-ring (bicyclic) bond motifs is 9. The molecular formula is C42H25I2N3. The molecule has 0 aliphatic heterocycles. The van der Waals surface area contributed by atoms with Gasteiger partial charge in [-0.15, -0.1) is 0 Å². The van der Waals surface area contributed by atoms with Gasteiger partial charge < -0.3 is 13.7 Å². The van der Waals surface area contributed by atoms with Crippen LogP contribution in [0.4, 0.5) is 0 Å². The lowest BCUT2D eigenvalue weighted by molar-refractivity contribution is 1.16. The third kappa shape index (κ3) is 4.09. The average molecular weight is 825 g/mol. The molecule has 0 aliphatic carbocycles. The molecule has 0 fully saturated rings. The number of nitrogens with zero attached hydrogens (tertiary/aromatic N) is 3. The van der Waals surface area contributed by atoms with Crippen LogP contribution in [-0.2, 0) is 0 Å². The van der Waals surface area contributed by atoms with Crippen molar-refractivity contribution in [2.24, 2.45) is 0 Å². The Kier molecular flexibility index (Phi) is 6.12. The lowest BCUT2D eigenvalue weighted by atomic mass is 10.1. The fourth-order valence-electron chi connectivity index (χ4n) is 7.58. The second-order valence-corrected chi connectivity index (χ2v) is 14.6. The zero-order chi connectivity index (χ0) is 31.2. The highest BCUT2D eigenvalue weighted by atomic mass is 127. The van der Waals surface area contributed by atoms with E-state index in [-0.39, 0.29) is 0 Å². The molecule has 5 heteroatoms. The van der Waals surface area contributed by atoms with E-state index in [0.29, 0.717) is 0 Å². The van der Waals surface area contributed by atoms with Gasteiger partial charge >= 0.3 is 0 Å². The van der Waals surface area contributed by atoms with Crippen LogP contribution < -0.4 is 0 Å². The SMILES string of the molecule is Ic1ccc2c(c1)c1ccccc1n2-c1ccc2c(c1)c1cc(-n3c4ccccc4c4cc(I)ccc43)ccc1n2-c1ccccc1. The first kappa shape index (κ1) is 27.5. The highest BCUT2D eigenvalue weighted by Gasteiger charge is 2.19. The van der Waals surface area contributed by atoms with Crippen molar-refractivity contribution in [3.63, 3.8) is 0 Å². The van der Waals surface area contributed by atoms with Crippen LogP contribution >= 0.6 is 45.2 Å². The molecule has 0 N–H and O–H groups in total. The Morgan fingerprint density at radius 2 is 0.638 bits per heavy atom. The molecule has 10 rings (SSSR count). The Morgan fingerprint density at radius 1 is 0.277 bits per heavy atom. The molecule has 10 aromatic rings. The van der Waals surface area contributed by atoms with Crippen LogP contribution in [0.2, 0.25) is 0 Å². The maximum atomic E-state index is 2.42. The summed E-state index contributed by atoms with van der Waals surface area (Å²) in [6.45, 7) is 0. The summed E-state index contributed by atoms with van der Waals surface area (Å²) in [4.78, 5) is 0. The monoisotopic (exact) mass is 825 g/mol. The molecule has 47 heavy (non-hydrogen) atoms. The number of hydrogen-bond donors (Lipinski definition) is 0. The van der Waals surface area contributed by atoms with Gasteiger partial charge in [-0.25, -0.2) is 0 Å². The molecule has 0 bridgehead atoms. The first-order valence-electron chi connectivity index (χ1n) is 15.7. The fraction of sp³-hybridized carbons (Fsp3) is 0. The number of hydrogen-bond acceptors (Lipinski definition) is 0. The summed E-state index contributed by atoms with van der Waals surface area (Å²) in [7, 11) is 0. The largest absolute Gasteiger partial charge is 0.309 e. The molecule has 0 saturated carbocycles. The van der Waals surface area contributed by atoms with Gasteiger partial charge in [0.25, 0.3) is 0 Å². The van der Waals surface area contributed by atoms with Crippen molar-refractivity contribution in [3.05, 3.63) is 159 Å². The van der Waals surface area contributed by atoms with Gasteiger partial charge in [-0.05, 0) is 142 Å². The maximum Gasteiger partial charge on any atom is 0.0542 e. The van der Waals surface area contributed by atoms with Crippen molar-refractivity contribution >= 4 is 111 Å². The molecule has 3 heterocycles. The third-order valence-electron chi connectivity index (χ3n) is 9.53. The predicted molar refractivity (Wildman–Crippen MR) is 215 cm³/mol. The van der Waals surface area contributed by atoms with E-state index in [1.54, 1.807) is 0 Å². The highest BCUT2D eigenvalue weighted by Crippen LogP contribution is 2.39. The molecule has 3 nitrogen and oxygen atoms in total. The van der Waals surface area contributed by atoms with E-state index in [1.807, 2.05) is 0 Å². The quantitative estimate of drug-likeness (QED) is 0.158. The normalized spacial score (nSPS) is 12.0. The van der Waals surface area contributed by atoms with Gasteiger partial charge in [0.2, 0.25) is 0 Å². The first-order chi connectivity index (χ1) is 23.1. The minimum absolute atomic E-state index is 1.16. The maximum absolute atomic E-state index is 2.42. The molecule has 0 atom stereocenters.